The molecule has 20 heavy (non-hydrogen) atoms. The summed E-state index contributed by atoms with van der Waals surface area (Å²) in [7, 11) is 2.99. The van der Waals surface area contributed by atoms with E-state index in [1.807, 2.05) is 0 Å². The summed E-state index contributed by atoms with van der Waals surface area (Å²) in [4.78, 5) is 0. The van der Waals surface area contributed by atoms with Gasteiger partial charge in [0.2, 0.25) is 5.69 Å². The Morgan fingerprint density at radius 3 is 2.15 bits per heavy atom. The molecule has 0 radical (unpaired) electrons. The third-order valence-corrected chi connectivity index (χ3v) is 2.96. The Morgan fingerprint density at radius 1 is 0.950 bits per heavy atom. The van der Waals surface area contributed by atoms with E-state index in [2.05, 4.69) is 0 Å². The number of nitrogens with two attached hydrogens (primary N) is 2. The Hall–Kier alpha value is -2.76. The van der Waals surface area contributed by atoms with Gasteiger partial charge in [0.1, 0.15) is 11.4 Å². The van der Waals surface area contributed by atoms with E-state index < -0.39 is 0 Å². The van der Waals surface area contributed by atoms with Gasteiger partial charge in [-0.1, -0.05) is 12.1 Å². The second-order valence-corrected chi connectivity index (χ2v) is 4.10. The number of benzene rings is 2. The zero-order valence-electron chi connectivity index (χ0n) is 11.3. The van der Waals surface area contributed by atoms with Crippen molar-refractivity contribution in [2.45, 2.75) is 0 Å². The van der Waals surface area contributed by atoms with Crippen LogP contribution in [-0.2, 0) is 0 Å². The molecule has 2 aromatic carbocycles. The van der Waals surface area contributed by atoms with Gasteiger partial charge in [-0.25, -0.2) is 4.70 Å². The van der Waals surface area contributed by atoms with Crippen molar-refractivity contribution in [1.82, 2.24) is 4.70 Å². The van der Waals surface area contributed by atoms with Crippen molar-refractivity contribution in [3.63, 3.8) is 0 Å². The molecule has 0 saturated heterocycles. The van der Waals surface area contributed by atoms with Gasteiger partial charge < -0.3 is 26.5 Å². The van der Waals surface area contributed by atoms with Crippen LogP contribution >= 0.6 is 0 Å². The van der Waals surface area contributed by atoms with E-state index in [1.165, 1.54) is 14.2 Å². The van der Waals surface area contributed by atoms with E-state index in [4.69, 9.17) is 20.9 Å². The third kappa shape index (κ3) is 2.23. The predicted molar refractivity (Wildman–Crippen MR) is 79.6 cm³/mol. The standard InChI is InChI=1S/C14H16N4O2/c1-19-11-7-8-12(20-2)14(13(11)16)18(17)10-6-4-3-5-9(10)15/h3-8H,15-16H2,1-2H3. The lowest BCUT2D eigenvalue weighted by atomic mass is 10.2. The number of hydrogen-bond acceptors (Lipinski definition) is 4. The molecule has 2 aromatic rings. The van der Waals surface area contributed by atoms with Crippen molar-refractivity contribution in [2.24, 2.45) is 0 Å². The number of rotatable bonds is 4. The SMILES string of the molecule is COc1ccc(OC)c([N+](=[N-])c2ccccc2N)c1N. The lowest BCUT2D eigenvalue weighted by molar-refractivity contribution is 0.404. The van der Waals surface area contributed by atoms with Gasteiger partial charge in [-0.05, 0) is 18.2 Å². The van der Waals surface area contributed by atoms with Crippen molar-refractivity contribution in [3.8, 4) is 11.5 Å². The number of hydrogen-bond donors (Lipinski definition) is 2. The van der Waals surface area contributed by atoms with Crippen molar-refractivity contribution >= 4 is 22.7 Å². The molecule has 0 bridgehead atoms. The Labute approximate surface area is 117 Å². The molecular weight excluding hydrogens is 256 g/mol. The maximum atomic E-state index is 10.4. The first-order valence-electron chi connectivity index (χ1n) is 5.94. The maximum absolute atomic E-state index is 10.4. The number of para-hydroxylation sites is 2. The summed E-state index contributed by atoms with van der Waals surface area (Å²) in [6.07, 6.45) is 0. The minimum Gasteiger partial charge on any atom is -0.494 e. The molecule has 0 aliphatic carbocycles. The summed E-state index contributed by atoms with van der Waals surface area (Å²) in [6.45, 7) is 0. The predicted octanol–water partition coefficient (Wildman–Crippen LogP) is 2.72. The Kier molecular flexibility index (Phi) is 3.74. The van der Waals surface area contributed by atoms with Crippen LogP contribution in [0.5, 0.6) is 11.5 Å². The van der Waals surface area contributed by atoms with Gasteiger partial charge in [0.05, 0.1) is 14.2 Å². The first-order chi connectivity index (χ1) is 9.60. The molecule has 0 unspecified atom stereocenters. The Morgan fingerprint density at radius 2 is 1.55 bits per heavy atom. The maximum Gasteiger partial charge on any atom is 0.269 e. The summed E-state index contributed by atoms with van der Waals surface area (Å²) in [5, 5.41) is 0. The molecule has 6 nitrogen and oxygen atoms in total. The molecule has 104 valence electrons. The summed E-state index contributed by atoms with van der Waals surface area (Å²) < 4.78 is 11.3. The summed E-state index contributed by atoms with van der Waals surface area (Å²) in [6, 6.07) is 10.2. The van der Waals surface area contributed by atoms with Crippen molar-refractivity contribution in [3.05, 3.63) is 41.9 Å². The zero-order valence-corrected chi connectivity index (χ0v) is 11.3. The van der Waals surface area contributed by atoms with E-state index in [-0.39, 0.29) is 11.4 Å². The molecular formula is C14H16N4O2. The van der Waals surface area contributed by atoms with E-state index >= 15 is 0 Å². The highest BCUT2D eigenvalue weighted by Crippen LogP contribution is 2.42. The highest BCUT2D eigenvalue weighted by molar-refractivity contribution is 5.81. The quantitative estimate of drug-likeness (QED) is 0.508. The largest absolute Gasteiger partial charge is 0.494 e. The van der Waals surface area contributed by atoms with Crippen LogP contribution in [0.25, 0.3) is 5.53 Å². The van der Waals surface area contributed by atoms with Crippen LogP contribution < -0.4 is 25.6 Å². The van der Waals surface area contributed by atoms with Crippen LogP contribution in [0, 0.1) is 0 Å². The van der Waals surface area contributed by atoms with E-state index in [0.29, 0.717) is 22.9 Å². The van der Waals surface area contributed by atoms with Gasteiger partial charge in [0, 0.05) is 6.07 Å². The minimum atomic E-state index is 0.262. The molecule has 0 atom stereocenters. The average molecular weight is 272 g/mol. The van der Waals surface area contributed by atoms with Gasteiger partial charge >= 0.3 is 0 Å². The number of nitrogens with zero attached hydrogens (tertiary/aromatic N) is 2. The van der Waals surface area contributed by atoms with Crippen LogP contribution in [0.4, 0.5) is 22.7 Å². The van der Waals surface area contributed by atoms with Crippen LogP contribution in [0.15, 0.2) is 36.4 Å². The van der Waals surface area contributed by atoms with Crippen molar-refractivity contribution < 1.29 is 9.47 Å². The summed E-state index contributed by atoms with van der Waals surface area (Å²) >= 11 is 0. The molecule has 0 amide bonds. The first kappa shape index (κ1) is 13.7. The van der Waals surface area contributed by atoms with Crippen molar-refractivity contribution in [2.75, 3.05) is 25.7 Å². The second kappa shape index (κ2) is 5.48. The minimum absolute atomic E-state index is 0.262. The topological polar surface area (TPSA) is 95.8 Å². The third-order valence-electron chi connectivity index (χ3n) is 2.96. The van der Waals surface area contributed by atoms with E-state index in [0.717, 1.165) is 4.70 Å². The smallest absolute Gasteiger partial charge is 0.269 e. The second-order valence-electron chi connectivity index (χ2n) is 4.10. The molecule has 0 aliphatic rings. The molecule has 0 heterocycles. The fourth-order valence-electron chi connectivity index (χ4n) is 1.93. The highest BCUT2D eigenvalue weighted by Gasteiger charge is 2.22. The van der Waals surface area contributed by atoms with Gasteiger partial charge in [0.15, 0.2) is 11.4 Å². The zero-order chi connectivity index (χ0) is 14.7. The van der Waals surface area contributed by atoms with Gasteiger partial charge in [-0.3, -0.25) is 0 Å². The van der Waals surface area contributed by atoms with E-state index in [1.54, 1.807) is 36.4 Å². The number of ether oxygens (including phenoxy) is 2. The van der Waals surface area contributed by atoms with E-state index in [9.17, 15) is 5.53 Å². The number of nitrogen functional groups attached to an aromatic ring is 2. The molecule has 0 spiro atoms. The average Bonchev–Trinajstić information content (AvgIpc) is 2.46. The normalized spacial score (nSPS) is 10.1. The summed E-state index contributed by atoms with van der Waals surface area (Å²) in [5.74, 6) is 0.850. The molecule has 2 rings (SSSR count). The summed E-state index contributed by atoms with van der Waals surface area (Å²) in [5.41, 5.74) is 23.7. The molecule has 0 aliphatic heterocycles. The van der Waals surface area contributed by atoms with Gasteiger partial charge in [0.25, 0.3) is 5.69 Å². The number of anilines is 2. The fraction of sp³-hybridized carbons (Fsp3) is 0.143. The highest BCUT2D eigenvalue weighted by atomic mass is 16.5. The van der Waals surface area contributed by atoms with Crippen LogP contribution in [-0.4, -0.2) is 14.2 Å². The van der Waals surface area contributed by atoms with Crippen molar-refractivity contribution in [1.29, 1.82) is 0 Å². The van der Waals surface area contributed by atoms with Gasteiger partial charge in [-0.15, -0.1) is 0 Å². The van der Waals surface area contributed by atoms with Crippen LogP contribution in [0.2, 0.25) is 0 Å². The Bertz CT molecular complexity index is 656. The Balaban J connectivity index is 2.62. The fourth-order valence-corrected chi connectivity index (χ4v) is 1.93. The van der Waals surface area contributed by atoms with Crippen LogP contribution in [0.1, 0.15) is 0 Å². The monoisotopic (exact) mass is 272 g/mol. The lowest BCUT2D eigenvalue weighted by Crippen LogP contribution is -2.07. The molecule has 0 aromatic heterocycles. The van der Waals surface area contributed by atoms with Gasteiger partial charge in [-0.2, -0.15) is 0 Å². The number of methoxy groups -OCH3 is 2. The molecule has 6 heteroatoms. The molecule has 4 N–H and O–H groups in total. The first-order valence-corrected chi connectivity index (χ1v) is 5.94. The molecule has 0 fully saturated rings. The lowest BCUT2D eigenvalue weighted by Gasteiger charge is -2.14. The molecule has 0 saturated carbocycles. The van der Waals surface area contributed by atoms with Crippen LogP contribution in [0.3, 0.4) is 0 Å².